The van der Waals surface area contributed by atoms with Crippen molar-refractivity contribution in [2.45, 2.75) is 25.4 Å². The first-order chi connectivity index (χ1) is 8.13. The fourth-order valence-electron chi connectivity index (χ4n) is 1.97. The maximum Gasteiger partial charge on any atom is 0.317 e. The molecule has 1 fully saturated rings. The lowest BCUT2D eigenvalue weighted by atomic mass is 9.89. The van der Waals surface area contributed by atoms with Gasteiger partial charge in [0.1, 0.15) is 0 Å². The van der Waals surface area contributed by atoms with Crippen molar-refractivity contribution in [1.29, 1.82) is 0 Å². The third-order valence-corrected chi connectivity index (χ3v) is 3.29. The molecule has 1 aliphatic heterocycles. The Labute approximate surface area is 102 Å². The third-order valence-electron chi connectivity index (χ3n) is 3.29. The lowest BCUT2D eigenvalue weighted by Crippen LogP contribution is -2.69. The second kappa shape index (κ2) is 4.75. The van der Waals surface area contributed by atoms with Crippen LogP contribution in [0.1, 0.15) is 18.9 Å². The Morgan fingerprint density at radius 2 is 2.06 bits per heavy atom. The molecule has 1 aromatic carbocycles. The van der Waals surface area contributed by atoms with E-state index in [9.17, 15) is 4.79 Å². The van der Waals surface area contributed by atoms with Gasteiger partial charge in [0.05, 0.1) is 5.54 Å². The van der Waals surface area contributed by atoms with Crippen LogP contribution in [0.3, 0.4) is 0 Å². The van der Waals surface area contributed by atoms with E-state index in [1.54, 1.807) is 4.90 Å². The van der Waals surface area contributed by atoms with Gasteiger partial charge in [-0.05, 0) is 12.0 Å². The van der Waals surface area contributed by atoms with Crippen LogP contribution in [0.2, 0.25) is 0 Å². The summed E-state index contributed by atoms with van der Waals surface area (Å²) in [6.07, 6.45) is 0.912. The fourth-order valence-corrected chi connectivity index (χ4v) is 1.97. The predicted molar refractivity (Wildman–Crippen MR) is 67.5 cm³/mol. The summed E-state index contributed by atoms with van der Waals surface area (Å²) < 4.78 is 0. The van der Waals surface area contributed by atoms with E-state index in [4.69, 9.17) is 5.73 Å². The van der Waals surface area contributed by atoms with Crippen LogP contribution in [0.25, 0.3) is 0 Å². The van der Waals surface area contributed by atoms with Crippen molar-refractivity contribution >= 4 is 6.03 Å². The van der Waals surface area contributed by atoms with Gasteiger partial charge in [0, 0.05) is 19.6 Å². The number of carbonyl (C=O) groups is 1. The molecule has 0 unspecified atom stereocenters. The van der Waals surface area contributed by atoms with Gasteiger partial charge in [0.25, 0.3) is 0 Å². The van der Waals surface area contributed by atoms with E-state index in [0.717, 1.165) is 12.0 Å². The summed E-state index contributed by atoms with van der Waals surface area (Å²) in [4.78, 5) is 13.5. The van der Waals surface area contributed by atoms with Gasteiger partial charge < -0.3 is 16.0 Å². The van der Waals surface area contributed by atoms with Crippen LogP contribution >= 0.6 is 0 Å². The standard InChI is InChI=1S/C13H19N3O/c1-2-13(14)9-16(10-13)12(17)15-8-11-6-4-3-5-7-11/h3-7H,2,8-10,14H2,1H3,(H,15,17). The summed E-state index contributed by atoms with van der Waals surface area (Å²) in [6.45, 7) is 3.94. The van der Waals surface area contributed by atoms with Crippen LogP contribution in [0.4, 0.5) is 4.79 Å². The summed E-state index contributed by atoms with van der Waals surface area (Å²) in [5.74, 6) is 0. The summed E-state index contributed by atoms with van der Waals surface area (Å²) in [5, 5.41) is 2.89. The van der Waals surface area contributed by atoms with Crippen LogP contribution in [0, 0.1) is 0 Å². The zero-order valence-corrected chi connectivity index (χ0v) is 10.1. The number of benzene rings is 1. The molecule has 0 aromatic heterocycles. The third kappa shape index (κ3) is 2.77. The second-order valence-corrected chi connectivity index (χ2v) is 4.72. The van der Waals surface area contributed by atoms with Crippen LogP contribution in [-0.2, 0) is 6.54 Å². The fraction of sp³-hybridized carbons (Fsp3) is 0.462. The van der Waals surface area contributed by atoms with E-state index in [-0.39, 0.29) is 11.6 Å². The van der Waals surface area contributed by atoms with Gasteiger partial charge in [-0.3, -0.25) is 0 Å². The first kappa shape index (κ1) is 11.9. The number of likely N-dealkylation sites (tertiary alicyclic amines) is 1. The number of carbonyl (C=O) groups excluding carboxylic acids is 1. The topological polar surface area (TPSA) is 58.4 Å². The lowest BCUT2D eigenvalue weighted by Gasteiger charge is -2.47. The number of nitrogens with two attached hydrogens (primary N) is 1. The Bertz CT molecular complexity index is 385. The zero-order valence-electron chi connectivity index (χ0n) is 10.1. The van der Waals surface area contributed by atoms with Gasteiger partial charge in [-0.25, -0.2) is 4.79 Å². The monoisotopic (exact) mass is 233 g/mol. The molecule has 2 rings (SSSR count). The highest BCUT2D eigenvalue weighted by Crippen LogP contribution is 2.21. The Hall–Kier alpha value is -1.55. The molecule has 1 aromatic rings. The molecular formula is C13H19N3O. The van der Waals surface area contributed by atoms with Gasteiger partial charge >= 0.3 is 6.03 Å². The summed E-state index contributed by atoms with van der Waals surface area (Å²) >= 11 is 0. The molecule has 4 nitrogen and oxygen atoms in total. The summed E-state index contributed by atoms with van der Waals surface area (Å²) in [7, 11) is 0. The number of hydrogen-bond acceptors (Lipinski definition) is 2. The van der Waals surface area contributed by atoms with E-state index < -0.39 is 0 Å². The zero-order chi connectivity index (χ0) is 12.3. The summed E-state index contributed by atoms with van der Waals surface area (Å²) in [5.41, 5.74) is 6.96. The molecule has 17 heavy (non-hydrogen) atoms. The molecule has 3 N–H and O–H groups in total. The van der Waals surface area contributed by atoms with Crippen LogP contribution in [-0.4, -0.2) is 29.6 Å². The maximum absolute atomic E-state index is 11.8. The highest BCUT2D eigenvalue weighted by Gasteiger charge is 2.40. The number of nitrogens with one attached hydrogen (secondary N) is 1. The molecule has 1 heterocycles. The number of amides is 2. The van der Waals surface area contributed by atoms with E-state index in [1.807, 2.05) is 30.3 Å². The first-order valence-corrected chi connectivity index (χ1v) is 5.98. The molecular weight excluding hydrogens is 214 g/mol. The molecule has 1 aliphatic rings. The van der Waals surface area contributed by atoms with Crippen molar-refractivity contribution in [2.75, 3.05) is 13.1 Å². The minimum atomic E-state index is -0.163. The average molecular weight is 233 g/mol. The van der Waals surface area contributed by atoms with E-state index in [2.05, 4.69) is 12.2 Å². The second-order valence-electron chi connectivity index (χ2n) is 4.72. The predicted octanol–water partition coefficient (Wildman–Crippen LogP) is 1.32. The Kier molecular flexibility index (Phi) is 3.33. The molecule has 0 aliphatic carbocycles. The van der Waals surface area contributed by atoms with Crippen molar-refractivity contribution in [3.8, 4) is 0 Å². The Balaban J connectivity index is 1.76. The van der Waals surface area contributed by atoms with Gasteiger partial charge in [0.15, 0.2) is 0 Å². The van der Waals surface area contributed by atoms with Gasteiger partial charge in [-0.15, -0.1) is 0 Å². The highest BCUT2D eigenvalue weighted by molar-refractivity contribution is 5.75. The minimum Gasteiger partial charge on any atom is -0.334 e. The van der Waals surface area contributed by atoms with E-state index in [0.29, 0.717) is 19.6 Å². The van der Waals surface area contributed by atoms with Crippen molar-refractivity contribution < 1.29 is 4.79 Å². The van der Waals surface area contributed by atoms with Crippen LogP contribution in [0.15, 0.2) is 30.3 Å². The van der Waals surface area contributed by atoms with Gasteiger partial charge in [-0.2, -0.15) is 0 Å². The quantitative estimate of drug-likeness (QED) is 0.827. The Morgan fingerprint density at radius 3 is 2.65 bits per heavy atom. The van der Waals surface area contributed by atoms with Gasteiger partial charge in [-0.1, -0.05) is 37.3 Å². The molecule has 0 radical (unpaired) electrons. The van der Waals surface area contributed by atoms with Gasteiger partial charge in [0.2, 0.25) is 0 Å². The molecule has 0 saturated carbocycles. The van der Waals surface area contributed by atoms with Crippen LogP contribution in [0.5, 0.6) is 0 Å². The van der Waals surface area contributed by atoms with Crippen molar-refractivity contribution in [1.82, 2.24) is 10.2 Å². The lowest BCUT2D eigenvalue weighted by molar-refractivity contribution is 0.0934. The normalized spacial score (nSPS) is 17.4. The largest absolute Gasteiger partial charge is 0.334 e. The molecule has 92 valence electrons. The maximum atomic E-state index is 11.8. The Morgan fingerprint density at radius 1 is 1.41 bits per heavy atom. The molecule has 0 atom stereocenters. The van der Waals surface area contributed by atoms with E-state index in [1.165, 1.54) is 0 Å². The average Bonchev–Trinajstić information content (AvgIpc) is 2.33. The molecule has 1 saturated heterocycles. The number of rotatable bonds is 3. The summed E-state index contributed by atoms with van der Waals surface area (Å²) in [6, 6.07) is 9.86. The van der Waals surface area contributed by atoms with E-state index >= 15 is 0 Å². The minimum absolute atomic E-state index is 0.0246. The SMILES string of the molecule is CCC1(N)CN(C(=O)NCc2ccccc2)C1. The first-order valence-electron chi connectivity index (χ1n) is 5.98. The number of hydrogen-bond donors (Lipinski definition) is 2. The van der Waals surface area contributed by atoms with Crippen molar-refractivity contribution in [2.24, 2.45) is 5.73 Å². The van der Waals surface area contributed by atoms with Crippen LogP contribution < -0.4 is 11.1 Å². The molecule has 0 bridgehead atoms. The van der Waals surface area contributed by atoms with Crippen molar-refractivity contribution in [3.05, 3.63) is 35.9 Å². The molecule has 0 spiro atoms. The molecule has 2 amide bonds. The van der Waals surface area contributed by atoms with Crippen molar-refractivity contribution in [3.63, 3.8) is 0 Å². The highest BCUT2D eigenvalue weighted by atomic mass is 16.2. The number of urea groups is 1. The smallest absolute Gasteiger partial charge is 0.317 e. The molecule has 4 heteroatoms. The number of nitrogens with zero attached hydrogens (tertiary/aromatic N) is 1.